The van der Waals surface area contributed by atoms with Crippen molar-refractivity contribution in [1.82, 2.24) is 5.32 Å². The molecule has 178 valence electrons. The zero-order valence-corrected chi connectivity index (χ0v) is 20.7. The van der Waals surface area contributed by atoms with E-state index in [9.17, 15) is 4.79 Å². The van der Waals surface area contributed by atoms with Crippen LogP contribution in [0.2, 0.25) is 0 Å². The fourth-order valence-electron chi connectivity index (χ4n) is 7.49. The van der Waals surface area contributed by atoms with Crippen LogP contribution < -0.4 is 10.1 Å². The van der Waals surface area contributed by atoms with E-state index in [4.69, 9.17) is 9.15 Å². The maximum Gasteiger partial charge on any atom is 0.287 e. The summed E-state index contributed by atoms with van der Waals surface area (Å²) >= 11 is 0. The van der Waals surface area contributed by atoms with E-state index < -0.39 is 0 Å². The third-order valence-electron chi connectivity index (χ3n) is 8.58. The second-order valence-electron chi connectivity index (χ2n) is 11.5. The molecule has 4 heteroatoms. The molecule has 33 heavy (non-hydrogen) atoms. The average molecular weight is 450 g/mol. The van der Waals surface area contributed by atoms with Gasteiger partial charge in [0.25, 0.3) is 5.91 Å². The molecule has 4 aliphatic carbocycles. The quantitative estimate of drug-likeness (QED) is 0.471. The summed E-state index contributed by atoms with van der Waals surface area (Å²) < 4.78 is 12.0. The summed E-state index contributed by atoms with van der Waals surface area (Å²) in [6, 6.07) is 10.2. The van der Waals surface area contributed by atoms with Crippen LogP contribution in [0, 0.1) is 30.1 Å². The van der Waals surface area contributed by atoms with E-state index >= 15 is 0 Å². The first-order valence-electron chi connectivity index (χ1n) is 13.0. The predicted octanol–water partition coefficient (Wildman–Crippen LogP) is 7.02. The van der Waals surface area contributed by atoms with E-state index in [0.29, 0.717) is 29.5 Å². The number of amides is 1. The highest BCUT2D eigenvalue weighted by Crippen LogP contribution is 2.61. The van der Waals surface area contributed by atoms with E-state index in [1.54, 1.807) is 6.07 Å². The normalized spacial score (nSPS) is 28.8. The zero-order chi connectivity index (χ0) is 23.2. The van der Waals surface area contributed by atoms with Crippen LogP contribution in [0.15, 0.2) is 34.7 Å². The Balaban J connectivity index is 1.24. The summed E-state index contributed by atoms with van der Waals surface area (Å²) in [5.74, 6) is 4.91. The first-order chi connectivity index (χ1) is 15.8. The summed E-state index contributed by atoms with van der Waals surface area (Å²) in [4.78, 5) is 13.1. The number of carbonyl (C=O) groups is 1. The minimum atomic E-state index is -0.0812. The smallest absolute Gasteiger partial charge is 0.287 e. The van der Waals surface area contributed by atoms with Gasteiger partial charge in [0.15, 0.2) is 5.76 Å². The van der Waals surface area contributed by atoms with Gasteiger partial charge in [-0.1, -0.05) is 32.9 Å². The lowest BCUT2D eigenvalue weighted by Crippen LogP contribution is -2.56. The van der Waals surface area contributed by atoms with Crippen LogP contribution in [-0.4, -0.2) is 11.9 Å². The van der Waals surface area contributed by atoms with Gasteiger partial charge in [-0.25, -0.2) is 0 Å². The zero-order valence-electron chi connectivity index (χ0n) is 20.7. The Bertz CT molecular complexity index is 969. The second kappa shape index (κ2) is 8.85. The Labute approximate surface area is 198 Å². The second-order valence-corrected chi connectivity index (χ2v) is 11.5. The first-order valence-corrected chi connectivity index (χ1v) is 13.0. The summed E-state index contributed by atoms with van der Waals surface area (Å²) in [5, 5.41) is 3.39. The molecule has 1 unspecified atom stereocenters. The molecule has 0 radical (unpaired) electrons. The minimum absolute atomic E-state index is 0.0812. The number of ether oxygens (including phenoxy) is 1. The minimum Gasteiger partial charge on any atom is -0.485 e. The van der Waals surface area contributed by atoms with Gasteiger partial charge >= 0.3 is 0 Å². The molecular formula is C29H39NO3. The molecule has 4 aliphatic rings. The molecule has 0 saturated heterocycles. The molecule has 1 aromatic heterocycles. The highest BCUT2D eigenvalue weighted by molar-refractivity contribution is 5.91. The van der Waals surface area contributed by atoms with Crippen LogP contribution in [0.3, 0.4) is 0 Å². The van der Waals surface area contributed by atoms with E-state index in [1.807, 2.05) is 6.07 Å². The van der Waals surface area contributed by atoms with E-state index in [-0.39, 0.29) is 11.9 Å². The summed E-state index contributed by atoms with van der Waals surface area (Å²) in [6.07, 6.45) is 9.14. The number of nitrogens with one attached hydrogen (secondary N) is 1. The monoisotopic (exact) mass is 449 g/mol. The van der Waals surface area contributed by atoms with Crippen LogP contribution >= 0.6 is 0 Å². The van der Waals surface area contributed by atoms with Gasteiger partial charge in [0.05, 0.1) is 0 Å². The van der Waals surface area contributed by atoms with Crippen molar-refractivity contribution in [3.05, 3.63) is 53.0 Å². The number of carbonyl (C=O) groups excluding carboxylic acids is 1. The van der Waals surface area contributed by atoms with Crippen molar-refractivity contribution in [2.75, 3.05) is 0 Å². The van der Waals surface area contributed by atoms with Gasteiger partial charge in [0.1, 0.15) is 18.1 Å². The van der Waals surface area contributed by atoms with Crippen molar-refractivity contribution < 1.29 is 13.9 Å². The molecule has 2 aromatic rings. The maximum absolute atomic E-state index is 13.1. The van der Waals surface area contributed by atoms with Crippen LogP contribution in [0.5, 0.6) is 5.75 Å². The number of aryl methyl sites for hydroxylation is 1. The lowest BCUT2D eigenvalue weighted by atomic mass is 9.47. The molecule has 4 bridgehead atoms. The number of furan rings is 1. The molecule has 0 aliphatic heterocycles. The van der Waals surface area contributed by atoms with E-state index in [1.165, 1.54) is 49.7 Å². The third kappa shape index (κ3) is 4.46. The molecule has 0 spiro atoms. The van der Waals surface area contributed by atoms with Crippen molar-refractivity contribution in [3.8, 4) is 5.75 Å². The average Bonchev–Trinajstić information content (AvgIpc) is 3.24. The van der Waals surface area contributed by atoms with Crippen LogP contribution in [0.1, 0.15) is 99.1 Å². The van der Waals surface area contributed by atoms with Gasteiger partial charge in [-0.15, -0.1) is 0 Å². The molecule has 4 saturated carbocycles. The Kier molecular flexibility index (Phi) is 6.05. The number of benzene rings is 1. The first kappa shape index (κ1) is 22.6. The lowest BCUT2D eigenvalue weighted by molar-refractivity contribution is -0.0728. The molecule has 1 atom stereocenters. The topological polar surface area (TPSA) is 51.5 Å². The molecule has 1 heterocycles. The highest BCUT2D eigenvalue weighted by atomic mass is 16.5. The fraction of sp³-hybridized carbons (Fsp3) is 0.621. The van der Waals surface area contributed by atoms with Gasteiger partial charge in [0, 0.05) is 6.04 Å². The van der Waals surface area contributed by atoms with E-state index in [2.05, 4.69) is 51.2 Å². The summed E-state index contributed by atoms with van der Waals surface area (Å²) in [6.45, 7) is 8.95. The van der Waals surface area contributed by atoms with Gasteiger partial charge in [-0.3, -0.25) is 4.79 Å². The summed E-state index contributed by atoms with van der Waals surface area (Å²) in [5.41, 5.74) is 2.66. The van der Waals surface area contributed by atoms with Gasteiger partial charge < -0.3 is 14.5 Å². The molecule has 4 fully saturated rings. The van der Waals surface area contributed by atoms with E-state index in [0.717, 1.165) is 29.9 Å². The Morgan fingerprint density at radius 1 is 1.09 bits per heavy atom. The molecule has 1 amide bonds. The van der Waals surface area contributed by atoms with Crippen molar-refractivity contribution >= 4 is 5.91 Å². The largest absolute Gasteiger partial charge is 0.485 e. The molecule has 1 N–H and O–H groups in total. The molecular weight excluding hydrogens is 410 g/mol. The Morgan fingerprint density at radius 2 is 1.76 bits per heavy atom. The number of rotatable bonds is 8. The standard InChI is InChI=1S/C29H39NO3/c1-5-27(29-14-20-11-21(15-29)13-22(12-20)16-29)30-28(31)25-9-7-23(33-25)17-32-26-10-19(4)6-8-24(26)18(2)3/h6-10,18,20-22,27H,5,11-17H2,1-4H3,(H,30,31). The summed E-state index contributed by atoms with van der Waals surface area (Å²) in [7, 11) is 0. The molecule has 4 nitrogen and oxygen atoms in total. The SMILES string of the molecule is CCC(NC(=O)c1ccc(COc2cc(C)ccc2C(C)C)o1)C12CC3CC(CC(C3)C1)C2. The third-order valence-corrected chi connectivity index (χ3v) is 8.58. The van der Waals surface area contributed by atoms with Crippen molar-refractivity contribution in [2.45, 2.75) is 91.2 Å². The van der Waals surface area contributed by atoms with Gasteiger partial charge in [-0.2, -0.15) is 0 Å². The maximum atomic E-state index is 13.1. The Morgan fingerprint density at radius 3 is 2.36 bits per heavy atom. The molecule has 1 aromatic carbocycles. The van der Waals surface area contributed by atoms with Crippen LogP contribution in [-0.2, 0) is 6.61 Å². The van der Waals surface area contributed by atoms with Crippen molar-refractivity contribution in [3.63, 3.8) is 0 Å². The lowest BCUT2D eigenvalue weighted by Gasteiger charge is -2.59. The highest BCUT2D eigenvalue weighted by Gasteiger charge is 2.54. The predicted molar refractivity (Wildman–Crippen MR) is 130 cm³/mol. The van der Waals surface area contributed by atoms with Gasteiger partial charge in [-0.05, 0) is 110 Å². The fourth-order valence-corrected chi connectivity index (χ4v) is 7.49. The molecule has 6 rings (SSSR count). The number of hydrogen-bond acceptors (Lipinski definition) is 3. The van der Waals surface area contributed by atoms with Gasteiger partial charge in [0.2, 0.25) is 0 Å². The number of hydrogen-bond donors (Lipinski definition) is 1. The van der Waals surface area contributed by atoms with Crippen molar-refractivity contribution in [2.24, 2.45) is 23.2 Å². The van der Waals surface area contributed by atoms with Crippen LogP contribution in [0.4, 0.5) is 0 Å². The Hall–Kier alpha value is -2.23. The van der Waals surface area contributed by atoms with Crippen molar-refractivity contribution in [1.29, 1.82) is 0 Å². The van der Waals surface area contributed by atoms with Crippen LogP contribution in [0.25, 0.3) is 0 Å².